The normalized spacial score (nSPS) is 19.1. The molecule has 0 fully saturated rings. The number of unbranched alkanes of at least 4 members (excludes halogenated alkanes) is 2. The van der Waals surface area contributed by atoms with Gasteiger partial charge in [0, 0.05) is 0 Å². The van der Waals surface area contributed by atoms with Gasteiger partial charge in [0.2, 0.25) is 0 Å². The van der Waals surface area contributed by atoms with Crippen molar-refractivity contribution in [1.82, 2.24) is 0 Å². The van der Waals surface area contributed by atoms with Crippen LogP contribution in [0, 0.1) is 5.41 Å². The Morgan fingerprint density at radius 2 is 1.48 bits per heavy atom. The smallest absolute Gasteiger partial charge is 1.00 e. The predicted octanol–water partition coefficient (Wildman–Crippen LogP) is 2.91. The van der Waals surface area contributed by atoms with E-state index in [9.17, 15) is 0 Å². The Morgan fingerprint density at radius 1 is 0.903 bits per heavy atom. The first kappa shape index (κ1) is 29.4. The summed E-state index contributed by atoms with van der Waals surface area (Å²) in [6.45, 7) is 16.8. The van der Waals surface area contributed by atoms with Crippen LogP contribution in [0.15, 0.2) is 49.6 Å². The van der Waals surface area contributed by atoms with Crippen LogP contribution in [0.4, 0.5) is 0 Å². The molecule has 1 unspecified atom stereocenters. The van der Waals surface area contributed by atoms with Crippen molar-refractivity contribution >= 4 is 14.0 Å². The molecule has 0 aliphatic heterocycles. The van der Waals surface area contributed by atoms with Crippen LogP contribution in [0.2, 0.25) is 0 Å². The Hall–Kier alpha value is 0.333. The van der Waals surface area contributed by atoms with Gasteiger partial charge < -0.3 is 24.8 Å². The van der Waals surface area contributed by atoms with Gasteiger partial charge in [-0.15, -0.1) is 0 Å². The maximum Gasteiger partial charge on any atom is -1.00 e. The summed E-state index contributed by atoms with van der Waals surface area (Å²) in [6, 6.07) is 9.33. The second-order valence-electron chi connectivity index (χ2n) is 9.34. The molecule has 0 spiro atoms. The fraction of sp³-hybridized carbons (Fsp3) is 0.556. The van der Waals surface area contributed by atoms with Gasteiger partial charge in [0.1, 0.15) is 0 Å². The molecular formula is C27H39Cl2PZr. The Bertz CT molecular complexity index is 843. The van der Waals surface area contributed by atoms with E-state index in [0.717, 1.165) is 3.63 Å². The van der Waals surface area contributed by atoms with Crippen molar-refractivity contribution in [3.8, 4) is 0 Å². The first-order chi connectivity index (χ1) is 13.8. The average Bonchev–Trinajstić information content (AvgIpc) is 3.14. The van der Waals surface area contributed by atoms with Gasteiger partial charge >= 0.3 is 193 Å². The quantitative estimate of drug-likeness (QED) is 0.411. The van der Waals surface area contributed by atoms with E-state index in [1.54, 1.807) is 22.3 Å². The molecule has 0 amide bonds. The largest absolute Gasteiger partial charge is 1.00 e. The number of hydrogen-bond acceptors (Lipinski definition) is 0. The average molecular weight is 557 g/mol. The second kappa shape index (κ2) is 12.7. The molecule has 0 saturated carbocycles. The van der Waals surface area contributed by atoms with E-state index in [1.807, 2.05) is 8.60 Å². The molecule has 170 valence electrons. The van der Waals surface area contributed by atoms with E-state index >= 15 is 0 Å². The molecule has 1 aromatic rings. The Labute approximate surface area is 217 Å². The van der Waals surface area contributed by atoms with Crippen LogP contribution in [0.5, 0.6) is 0 Å². The third-order valence-corrected chi connectivity index (χ3v) is 16.0. The first-order valence-electron chi connectivity index (χ1n) is 11.5. The number of allylic oxidation sites excluding steroid dienone is 5. The van der Waals surface area contributed by atoms with Gasteiger partial charge in [0.05, 0.1) is 0 Å². The van der Waals surface area contributed by atoms with Crippen LogP contribution >= 0.6 is 7.92 Å². The molecule has 0 aromatic heterocycles. The van der Waals surface area contributed by atoms with E-state index in [1.165, 1.54) is 43.6 Å². The standard InChI is InChI=1S/C17H24P.C10H15.2ClH.Zr/c1-3-5-11-18(12-6-4-2)17-13-15-9-7-8-10-16(15)14-17;1-7-6-10(4,5)9(3)8(7)2;;;/h7-10,13-14H,3-6,11-12H2,1-2H3;1-5H3;2*1H;/q;;;;+2/p-2. The van der Waals surface area contributed by atoms with Crippen LogP contribution in [-0.2, 0) is 23.2 Å². The van der Waals surface area contributed by atoms with Gasteiger partial charge in [-0.3, -0.25) is 0 Å². The van der Waals surface area contributed by atoms with E-state index in [2.05, 4.69) is 78.8 Å². The zero-order valence-corrected chi connectivity index (χ0v) is 25.3. The summed E-state index contributed by atoms with van der Waals surface area (Å²) >= 11 is -0.772. The summed E-state index contributed by atoms with van der Waals surface area (Å²) in [4.78, 5) is 0. The zero-order chi connectivity index (χ0) is 21.2. The molecule has 2 aliphatic rings. The van der Waals surface area contributed by atoms with Gasteiger partial charge in [0.15, 0.2) is 0 Å². The molecule has 4 heteroatoms. The van der Waals surface area contributed by atoms with Gasteiger partial charge in [-0.1, -0.05) is 0 Å². The number of hydrogen-bond donors (Lipinski definition) is 0. The minimum atomic E-state index is -0.772. The Morgan fingerprint density at radius 3 is 2.00 bits per heavy atom. The van der Waals surface area contributed by atoms with Crippen LogP contribution in [-0.4, -0.2) is 12.3 Å². The molecule has 0 saturated heterocycles. The predicted molar refractivity (Wildman–Crippen MR) is 128 cm³/mol. The summed E-state index contributed by atoms with van der Waals surface area (Å²) in [5, 5.41) is 1.87. The summed E-state index contributed by atoms with van der Waals surface area (Å²) in [5.74, 6) is 0. The van der Waals surface area contributed by atoms with Crippen LogP contribution in [0.1, 0.15) is 88.9 Å². The molecule has 0 N–H and O–H groups in total. The second-order valence-corrected chi connectivity index (χ2v) is 15.2. The first-order valence-corrected chi connectivity index (χ1v) is 15.9. The molecule has 2 aliphatic carbocycles. The molecule has 0 bridgehead atoms. The van der Waals surface area contributed by atoms with Crippen LogP contribution < -0.4 is 24.8 Å². The minimum Gasteiger partial charge on any atom is -1.00 e. The Kier molecular flexibility index (Phi) is 12.0. The molecule has 3 rings (SSSR count). The molecule has 1 atom stereocenters. The van der Waals surface area contributed by atoms with E-state index in [0.29, 0.717) is 0 Å². The number of fused-ring (bicyclic) bond motifs is 1. The molecule has 31 heavy (non-hydrogen) atoms. The van der Waals surface area contributed by atoms with Crippen LogP contribution in [0.25, 0.3) is 6.08 Å². The van der Waals surface area contributed by atoms with Crippen LogP contribution in [0.3, 0.4) is 0 Å². The zero-order valence-electron chi connectivity index (χ0n) is 20.4. The number of benzene rings is 1. The summed E-state index contributed by atoms with van der Waals surface area (Å²) < 4.78 is 2.61. The topological polar surface area (TPSA) is 0 Å². The van der Waals surface area contributed by atoms with Crippen molar-refractivity contribution in [1.29, 1.82) is 0 Å². The molecule has 0 radical (unpaired) electrons. The fourth-order valence-electron chi connectivity index (χ4n) is 4.83. The third-order valence-electron chi connectivity index (χ3n) is 7.19. The Balaban J connectivity index is 0.00000240. The molecule has 0 nitrogen and oxygen atoms in total. The van der Waals surface area contributed by atoms with Gasteiger partial charge in [-0.2, -0.15) is 0 Å². The molecular weight excluding hydrogens is 517 g/mol. The minimum absolute atomic E-state index is 0. The van der Waals surface area contributed by atoms with Gasteiger partial charge in [0.25, 0.3) is 0 Å². The summed E-state index contributed by atoms with van der Waals surface area (Å²) in [7, 11) is 0.0207. The van der Waals surface area contributed by atoms with E-state index < -0.39 is 23.2 Å². The third kappa shape index (κ3) is 6.07. The SMILES string of the molecule is CCCCP(CCCC)C1=Cc2ccccc2[CH]1[Zr+2][C]1=C(C)C(C)=C(C)C1(C)C.[Cl-].[Cl-]. The van der Waals surface area contributed by atoms with E-state index in [4.69, 9.17) is 0 Å². The van der Waals surface area contributed by atoms with Crippen molar-refractivity contribution in [2.24, 2.45) is 5.41 Å². The van der Waals surface area contributed by atoms with Crippen molar-refractivity contribution in [2.45, 2.75) is 77.8 Å². The number of rotatable bonds is 9. The van der Waals surface area contributed by atoms with Gasteiger partial charge in [-0.05, 0) is 0 Å². The van der Waals surface area contributed by atoms with Crippen molar-refractivity contribution < 1.29 is 48.0 Å². The van der Waals surface area contributed by atoms with Gasteiger partial charge in [-0.25, -0.2) is 0 Å². The van der Waals surface area contributed by atoms with Crippen molar-refractivity contribution in [3.05, 3.63) is 60.7 Å². The maximum atomic E-state index is 2.64. The fourth-order valence-corrected chi connectivity index (χ4v) is 14.2. The maximum absolute atomic E-state index is 2.64. The van der Waals surface area contributed by atoms with Crippen molar-refractivity contribution in [3.63, 3.8) is 0 Å². The molecule has 0 heterocycles. The summed E-state index contributed by atoms with van der Waals surface area (Å²) in [6.07, 6.45) is 11.0. The van der Waals surface area contributed by atoms with Crippen molar-refractivity contribution in [2.75, 3.05) is 12.3 Å². The molecule has 1 aromatic carbocycles. The number of halogens is 2. The monoisotopic (exact) mass is 554 g/mol. The van der Waals surface area contributed by atoms with E-state index in [-0.39, 0.29) is 38.2 Å². The summed E-state index contributed by atoms with van der Waals surface area (Å²) in [5.41, 5.74) is 8.29.